The van der Waals surface area contributed by atoms with Gasteiger partial charge in [0, 0.05) is 11.5 Å². The third-order valence-electron chi connectivity index (χ3n) is 3.04. The topological polar surface area (TPSA) is 36.9 Å². The molecule has 0 spiro atoms. The van der Waals surface area contributed by atoms with Crippen LogP contribution in [0.4, 0.5) is 0 Å². The molecule has 4 nitrogen and oxygen atoms in total. The first-order valence-corrected chi connectivity index (χ1v) is 8.57. The summed E-state index contributed by atoms with van der Waals surface area (Å²) in [6, 6.07) is 10.5. The SMILES string of the molecule is c1ccc(CSCC2COCCOCCOCCO2)cc1. The highest BCUT2D eigenvalue weighted by Gasteiger charge is 2.10. The first kappa shape index (κ1) is 16.8. The van der Waals surface area contributed by atoms with Gasteiger partial charge in [-0.25, -0.2) is 0 Å². The molecule has 21 heavy (non-hydrogen) atoms. The molecule has 1 heterocycles. The molecule has 0 radical (unpaired) electrons. The van der Waals surface area contributed by atoms with Crippen molar-refractivity contribution in [3.8, 4) is 0 Å². The molecule has 0 aliphatic carbocycles. The van der Waals surface area contributed by atoms with Gasteiger partial charge in [0.1, 0.15) is 0 Å². The van der Waals surface area contributed by atoms with Crippen LogP contribution in [0.2, 0.25) is 0 Å². The lowest BCUT2D eigenvalue weighted by molar-refractivity contribution is -0.0593. The highest BCUT2D eigenvalue weighted by atomic mass is 32.2. The molecule has 0 N–H and O–H groups in total. The standard InChI is InChI=1S/C16H24O4S/c1-2-4-15(5-3-1)13-21-14-16-12-19-9-8-17-6-7-18-10-11-20-16/h1-5,16H,6-14H2. The predicted octanol–water partition coefficient (Wildman–Crippen LogP) is 2.37. The molecule has 1 aromatic carbocycles. The third-order valence-corrected chi connectivity index (χ3v) is 4.19. The van der Waals surface area contributed by atoms with Crippen LogP contribution < -0.4 is 0 Å². The van der Waals surface area contributed by atoms with E-state index in [1.807, 2.05) is 17.8 Å². The Bertz CT molecular complexity index is 349. The Morgan fingerprint density at radius 1 is 0.857 bits per heavy atom. The number of rotatable bonds is 4. The predicted molar refractivity (Wildman–Crippen MR) is 84.8 cm³/mol. The zero-order valence-corrected chi connectivity index (χ0v) is 13.2. The van der Waals surface area contributed by atoms with E-state index < -0.39 is 0 Å². The molecule has 1 aliphatic rings. The van der Waals surface area contributed by atoms with Crippen LogP contribution in [-0.4, -0.2) is 58.1 Å². The Kier molecular flexibility index (Phi) is 8.82. The summed E-state index contributed by atoms with van der Waals surface area (Å²) in [6.07, 6.45) is 0.113. The van der Waals surface area contributed by atoms with Crippen molar-refractivity contribution in [2.75, 3.05) is 52.0 Å². The summed E-state index contributed by atoms with van der Waals surface area (Å²) in [6.45, 7) is 4.32. The molecule has 1 aromatic rings. The van der Waals surface area contributed by atoms with E-state index in [2.05, 4.69) is 24.3 Å². The molecule has 0 saturated carbocycles. The molecule has 1 atom stereocenters. The second-order valence-corrected chi connectivity index (χ2v) is 5.82. The van der Waals surface area contributed by atoms with Gasteiger partial charge in [0.2, 0.25) is 0 Å². The van der Waals surface area contributed by atoms with Gasteiger partial charge in [0.25, 0.3) is 0 Å². The zero-order chi connectivity index (χ0) is 14.6. The van der Waals surface area contributed by atoms with Crippen molar-refractivity contribution >= 4 is 11.8 Å². The third kappa shape index (κ3) is 7.83. The van der Waals surface area contributed by atoms with Crippen LogP contribution in [0.25, 0.3) is 0 Å². The van der Waals surface area contributed by atoms with Gasteiger partial charge in [0.05, 0.1) is 52.4 Å². The van der Waals surface area contributed by atoms with E-state index in [1.54, 1.807) is 0 Å². The van der Waals surface area contributed by atoms with Gasteiger partial charge in [0.15, 0.2) is 0 Å². The average molecular weight is 312 g/mol. The molecule has 1 saturated heterocycles. The van der Waals surface area contributed by atoms with Gasteiger partial charge in [-0.15, -0.1) is 0 Å². The van der Waals surface area contributed by atoms with Gasteiger partial charge in [-0.1, -0.05) is 30.3 Å². The van der Waals surface area contributed by atoms with Crippen LogP contribution in [0.1, 0.15) is 5.56 Å². The Morgan fingerprint density at radius 2 is 1.52 bits per heavy atom. The van der Waals surface area contributed by atoms with Crippen molar-refractivity contribution < 1.29 is 18.9 Å². The number of benzene rings is 1. The van der Waals surface area contributed by atoms with Crippen LogP contribution in [0.15, 0.2) is 30.3 Å². The number of ether oxygens (including phenoxy) is 4. The Balaban J connectivity index is 1.67. The molecule has 2 rings (SSSR count). The van der Waals surface area contributed by atoms with E-state index >= 15 is 0 Å². The Morgan fingerprint density at radius 3 is 2.29 bits per heavy atom. The normalized spacial score (nSPS) is 22.2. The van der Waals surface area contributed by atoms with Gasteiger partial charge >= 0.3 is 0 Å². The Hall–Kier alpha value is -0.590. The van der Waals surface area contributed by atoms with Crippen LogP contribution in [0, 0.1) is 0 Å². The maximum atomic E-state index is 5.84. The molecule has 118 valence electrons. The summed E-state index contributed by atoms with van der Waals surface area (Å²) in [5.41, 5.74) is 1.34. The summed E-state index contributed by atoms with van der Waals surface area (Å²) in [5, 5.41) is 0. The molecule has 0 bridgehead atoms. The van der Waals surface area contributed by atoms with E-state index in [0.717, 1.165) is 11.5 Å². The lowest BCUT2D eigenvalue weighted by atomic mass is 10.2. The maximum Gasteiger partial charge on any atom is 0.0899 e. The zero-order valence-electron chi connectivity index (χ0n) is 12.4. The summed E-state index contributed by atoms with van der Waals surface area (Å²) in [5.74, 6) is 1.93. The summed E-state index contributed by atoms with van der Waals surface area (Å²) in [7, 11) is 0. The number of hydrogen-bond acceptors (Lipinski definition) is 5. The summed E-state index contributed by atoms with van der Waals surface area (Å²) >= 11 is 1.87. The first-order chi connectivity index (χ1) is 10.4. The molecular weight excluding hydrogens is 288 g/mol. The molecule has 1 aliphatic heterocycles. The van der Waals surface area contributed by atoms with Crippen molar-refractivity contribution in [3.63, 3.8) is 0 Å². The van der Waals surface area contributed by atoms with E-state index in [0.29, 0.717) is 46.2 Å². The van der Waals surface area contributed by atoms with Crippen LogP contribution in [0.5, 0.6) is 0 Å². The smallest absolute Gasteiger partial charge is 0.0899 e. The van der Waals surface area contributed by atoms with E-state index in [9.17, 15) is 0 Å². The van der Waals surface area contributed by atoms with Crippen molar-refractivity contribution in [1.29, 1.82) is 0 Å². The fourth-order valence-electron chi connectivity index (χ4n) is 1.96. The second kappa shape index (κ2) is 11.0. The first-order valence-electron chi connectivity index (χ1n) is 7.41. The van der Waals surface area contributed by atoms with Crippen LogP contribution in [0.3, 0.4) is 0 Å². The summed E-state index contributed by atoms with van der Waals surface area (Å²) in [4.78, 5) is 0. The van der Waals surface area contributed by atoms with Crippen molar-refractivity contribution in [2.24, 2.45) is 0 Å². The van der Waals surface area contributed by atoms with Crippen LogP contribution in [-0.2, 0) is 24.7 Å². The van der Waals surface area contributed by atoms with Gasteiger partial charge in [-0.3, -0.25) is 0 Å². The fourth-order valence-corrected chi connectivity index (χ4v) is 2.96. The highest BCUT2D eigenvalue weighted by Crippen LogP contribution is 2.14. The molecular formula is C16H24O4S. The van der Waals surface area contributed by atoms with Crippen molar-refractivity contribution in [1.82, 2.24) is 0 Å². The van der Waals surface area contributed by atoms with E-state index in [4.69, 9.17) is 18.9 Å². The molecule has 0 amide bonds. The van der Waals surface area contributed by atoms with Crippen molar-refractivity contribution in [3.05, 3.63) is 35.9 Å². The minimum atomic E-state index is 0.113. The maximum absolute atomic E-state index is 5.84. The van der Waals surface area contributed by atoms with Crippen molar-refractivity contribution in [2.45, 2.75) is 11.9 Å². The quantitative estimate of drug-likeness (QED) is 0.853. The fraction of sp³-hybridized carbons (Fsp3) is 0.625. The number of hydrogen-bond donors (Lipinski definition) is 0. The molecule has 5 heteroatoms. The lowest BCUT2D eigenvalue weighted by Gasteiger charge is -2.19. The molecule has 0 aromatic heterocycles. The average Bonchev–Trinajstić information content (AvgIpc) is 2.51. The molecule has 1 unspecified atom stereocenters. The Labute approximate surface area is 131 Å². The second-order valence-electron chi connectivity index (χ2n) is 4.79. The van der Waals surface area contributed by atoms with E-state index in [-0.39, 0.29) is 6.10 Å². The van der Waals surface area contributed by atoms with Gasteiger partial charge in [-0.2, -0.15) is 11.8 Å². The summed E-state index contributed by atoms with van der Waals surface area (Å²) < 4.78 is 22.3. The largest absolute Gasteiger partial charge is 0.377 e. The van der Waals surface area contributed by atoms with E-state index in [1.165, 1.54) is 5.56 Å². The van der Waals surface area contributed by atoms with Gasteiger partial charge < -0.3 is 18.9 Å². The molecule has 1 fully saturated rings. The minimum absolute atomic E-state index is 0.113. The minimum Gasteiger partial charge on any atom is -0.377 e. The van der Waals surface area contributed by atoms with Crippen LogP contribution >= 0.6 is 11.8 Å². The lowest BCUT2D eigenvalue weighted by Crippen LogP contribution is -2.26. The van der Waals surface area contributed by atoms with Gasteiger partial charge in [-0.05, 0) is 5.56 Å². The highest BCUT2D eigenvalue weighted by molar-refractivity contribution is 7.98. The monoisotopic (exact) mass is 312 g/mol. The number of thioether (sulfide) groups is 1.